The summed E-state index contributed by atoms with van der Waals surface area (Å²) in [5, 5.41) is 11.3. The van der Waals surface area contributed by atoms with Crippen molar-refractivity contribution in [3.8, 4) is 5.75 Å². The summed E-state index contributed by atoms with van der Waals surface area (Å²) in [5.41, 5.74) is 3.16. The van der Waals surface area contributed by atoms with Crippen molar-refractivity contribution in [3.05, 3.63) is 137 Å². The number of pyridine rings is 1. The molecule has 1 atom stereocenters. The van der Waals surface area contributed by atoms with E-state index in [0.717, 1.165) is 16.7 Å². The van der Waals surface area contributed by atoms with Gasteiger partial charge >= 0.3 is 0 Å². The van der Waals surface area contributed by atoms with Gasteiger partial charge < -0.3 is 14.7 Å². The highest BCUT2D eigenvalue weighted by molar-refractivity contribution is 6.46. The van der Waals surface area contributed by atoms with Gasteiger partial charge in [-0.2, -0.15) is 0 Å². The number of halogens is 1. The van der Waals surface area contributed by atoms with E-state index in [0.29, 0.717) is 17.9 Å². The molecule has 190 valence electrons. The van der Waals surface area contributed by atoms with Crippen molar-refractivity contribution in [2.75, 3.05) is 0 Å². The number of carbonyl (C=O) groups is 2. The zero-order valence-corrected chi connectivity index (χ0v) is 20.7. The van der Waals surface area contributed by atoms with E-state index in [1.165, 1.54) is 23.1 Å². The summed E-state index contributed by atoms with van der Waals surface area (Å²) >= 11 is 0. The summed E-state index contributed by atoms with van der Waals surface area (Å²) in [6.45, 7) is 2.44. The van der Waals surface area contributed by atoms with Crippen LogP contribution in [0.25, 0.3) is 5.76 Å². The van der Waals surface area contributed by atoms with Crippen molar-refractivity contribution in [2.45, 2.75) is 26.1 Å². The molecule has 1 N–H and O–H groups in total. The Kier molecular flexibility index (Phi) is 7.00. The Morgan fingerprint density at radius 3 is 2.39 bits per heavy atom. The number of hydrogen-bond donors (Lipinski definition) is 1. The van der Waals surface area contributed by atoms with Crippen molar-refractivity contribution in [3.63, 3.8) is 0 Å². The molecule has 6 nitrogen and oxygen atoms in total. The second-order valence-corrected chi connectivity index (χ2v) is 9.11. The lowest BCUT2D eigenvalue weighted by Gasteiger charge is -2.25. The van der Waals surface area contributed by atoms with Crippen LogP contribution in [0.15, 0.2) is 103 Å². The molecule has 2 heterocycles. The molecule has 38 heavy (non-hydrogen) atoms. The van der Waals surface area contributed by atoms with E-state index >= 15 is 0 Å². The fourth-order valence-corrected chi connectivity index (χ4v) is 4.58. The number of ketones is 1. The lowest BCUT2D eigenvalue weighted by molar-refractivity contribution is -0.140. The Hall–Kier alpha value is -4.78. The van der Waals surface area contributed by atoms with Crippen LogP contribution in [-0.2, 0) is 22.7 Å². The second kappa shape index (κ2) is 10.7. The largest absolute Gasteiger partial charge is 0.507 e. The van der Waals surface area contributed by atoms with Crippen LogP contribution in [0.1, 0.15) is 33.9 Å². The van der Waals surface area contributed by atoms with E-state index in [-0.39, 0.29) is 23.4 Å². The van der Waals surface area contributed by atoms with Crippen LogP contribution in [0.2, 0.25) is 0 Å². The molecule has 1 fully saturated rings. The zero-order valence-electron chi connectivity index (χ0n) is 20.7. The molecule has 4 aromatic rings. The van der Waals surface area contributed by atoms with Crippen molar-refractivity contribution >= 4 is 17.4 Å². The van der Waals surface area contributed by atoms with Crippen LogP contribution in [0, 0.1) is 12.7 Å². The molecule has 1 amide bonds. The van der Waals surface area contributed by atoms with E-state index in [2.05, 4.69) is 4.98 Å². The minimum atomic E-state index is -1.10. The van der Waals surface area contributed by atoms with Gasteiger partial charge in [-0.15, -0.1) is 0 Å². The maximum Gasteiger partial charge on any atom is 0.295 e. The van der Waals surface area contributed by atoms with Gasteiger partial charge in [-0.1, -0.05) is 48.0 Å². The molecule has 0 radical (unpaired) electrons. The van der Waals surface area contributed by atoms with E-state index in [1.807, 2.05) is 31.2 Å². The average molecular weight is 509 g/mol. The number of nitrogens with zero attached hydrogens (tertiary/aromatic N) is 2. The molecule has 0 bridgehead atoms. The highest BCUT2D eigenvalue weighted by Gasteiger charge is 2.46. The lowest BCUT2D eigenvalue weighted by Crippen LogP contribution is -2.29. The summed E-state index contributed by atoms with van der Waals surface area (Å²) in [6, 6.07) is 22.8. The van der Waals surface area contributed by atoms with Crippen molar-refractivity contribution in [1.29, 1.82) is 0 Å². The maximum absolute atomic E-state index is 15.0. The fourth-order valence-electron chi connectivity index (χ4n) is 4.58. The minimum absolute atomic E-state index is 0.0502. The normalized spacial score (nSPS) is 16.6. The first kappa shape index (κ1) is 24.9. The number of likely N-dealkylation sites (tertiary alicyclic amines) is 1. The van der Waals surface area contributed by atoms with Crippen LogP contribution in [0.3, 0.4) is 0 Å². The molecule has 1 aliphatic rings. The van der Waals surface area contributed by atoms with Gasteiger partial charge in [0.15, 0.2) is 0 Å². The third-order valence-corrected chi connectivity index (χ3v) is 6.46. The lowest BCUT2D eigenvalue weighted by atomic mass is 9.94. The number of rotatable bonds is 7. The van der Waals surface area contributed by atoms with Gasteiger partial charge in [-0.3, -0.25) is 14.6 Å². The predicted molar refractivity (Wildman–Crippen MR) is 140 cm³/mol. The molecule has 0 aliphatic carbocycles. The molecule has 0 saturated carbocycles. The monoisotopic (exact) mass is 508 g/mol. The number of ether oxygens (including phenoxy) is 1. The zero-order chi connectivity index (χ0) is 26.6. The van der Waals surface area contributed by atoms with Crippen molar-refractivity contribution in [1.82, 2.24) is 9.88 Å². The number of aliphatic hydroxyl groups is 1. The number of benzene rings is 3. The number of Topliss-reactive ketones (excluding diaryl/α,β-unsaturated/α-hetero) is 1. The molecule has 0 spiro atoms. The summed E-state index contributed by atoms with van der Waals surface area (Å²) in [4.78, 5) is 31.6. The van der Waals surface area contributed by atoms with Gasteiger partial charge in [0, 0.05) is 30.1 Å². The molecule has 1 aromatic heterocycles. The topological polar surface area (TPSA) is 79.7 Å². The van der Waals surface area contributed by atoms with Crippen LogP contribution < -0.4 is 4.74 Å². The smallest absolute Gasteiger partial charge is 0.295 e. The summed E-state index contributed by atoms with van der Waals surface area (Å²) in [6.07, 6.45) is 3.15. The SMILES string of the molecule is Cc1cccc(COc2ccc(C(O)=C3C(=O)C(=O)N(Cc4ccncc4)[C@@H]3c3ccccc3F)cc2)c1. The predicted octanol–water partition coefficient (Wildman–Crippen LogP) is 5.73. The average Bonchev–Trinajstić information content (AvgIpc) is 3.17. The Morgan fingerprint density at radius 1 is 0.947 bits per heavy atom. The molecule has 0 unspecified atom stereocenters. The molecular formula is C31H25FN2O4. The van der Waals surface area contributed by atoms with Gasteiger partial charge in [0.2, 0.25) is 0 Å². The Bertz CT molecular complexity index is 1520. The van der Waals surface area contributed by atoms with Crippen molar-refractivity contribution in [2.24, 2.45) is 0 Å². The molecular weight excluding hydrogens is 483 g/mol. The molecule has 1 saturated heterocycles. The first-order chi connectivity index (χ1) is 18.4. The quantitative estimate of drug-likeness (QED) is 0.196. The van der Waals surface area contributed by atoms with Crippen LogP contribution >= 0.6 is 0 Å². The Balaban J connectivity index is 1.48. The van der Waals surface area contributed by atoms with E-state index in [1.54, 1.807) is 54.9 Å². The Labute approximate surface area is 219 Å². The summed E-state index contributed by atoms with van der Waals surface area (Å²) in [7, 11) is 0. The van der Waals surface area contributed by atoms with Crippen LogP contribution in [0.5, 0.6) is 5.75 Å². The summed E-state index contributed by atoms with van der Waals surface area (Å²) in [5.74, 6) is -2.06. The first-order valence-corrected chi connectivity index (χ1v) is 12.1. The first-order valence-electron chi connectivity index (χ1n) is 12.1. The molecule has 1 aliphatic heterocycles. The van der Waals surface area contributed by atoms with Gasteiger partial charge in [0.05, 0.1) is 11.6 Å². The number of hydrogen-bond acceptors (Lipinski definition) is 5. The van der Waals surface area contributed by atoms with E-state index in [4.69, 9.17) is 4.74 Å². The number of amides is 1. The Morgan fingerprint density at radius 2 is 1.68 bits per heavy atom. The van der Waals surface area contributed by atoms with Gasteiger partial charge in [-0.05, 0) is 60.5 Å². The van der Waals surface area contributed by atoms with Crippen LogP contribution in [-0.4, -0.2) is 26.7 Å². The van der Waals surface area contributed by atoms with Gasteiger partial charge in [-0.25, -0.2) is 4.39 Å². The second-order valence-electron chi connectivity index (χ2n) is 9.11. The number of aryl methyl sites for hydroxylation is 1. The molecule has 3 aromatic carbocycles. The van der Waals surface area contributed by atoms with Gasteiger partial charge in [0.1, 0.15) is 23.9 Å². The van der Waals surface area contributed by atoms with Gasteiger partial charge in [0.25, 0.3) is 11.7 Å². The third-order valence-electron chi connectivity index (χ3n) is 6.46. The van der Waals surface area contributed by atoms with Crippen LogP contribution in [0.4, 0.5) is 4.39 Å². The molecule has 5 rings (SSSR count). The standard InChI is InChI=1S/C31H25FN2O4/c1-20-5-4-6-22(17-20)19-38-24-11-9-23(10-12-24)29(35)27-28(25-7-2-3-8-26(25)32)34(31(37)30(27)36)18-21-13-15-33-16-14-21/h2-17,28,35H,18-19H2,1H3/t28-/m1/s1. The molecule has 7 heteroatoms. The van der Waals surface area contributed by atoms with Crippen molar-refractivity contribution < 1.29 is 23.8 Å². The minimum Gasteiger partial charge on any atom is -0.507 e. The number of carbonyl (C=O) groups excluding carboxylic acids is 2. The third kappa shape index (κ3) is 5.04. The number of aliphatic hydroxyl groups excluding tert-OH is 1. The summed E-state index contributed by atoms with van der Waals surface area (Å²) < 4.78 is 20.8. The number of aromatic nitrogens is 1. The maximum atomic E-state index is 15.0. The highest BCUT2D eigenvalue weighted by Crippen LogP contribution is 2.41. The fraction of sp³-hybridized carbons (Fsp3) is 0.129. The highest BCUT2D eigenvalue weighted by atomic mass is 19.1. The van der Waals surface area contributed by atoms with E-state index < -0.39 is 23.5 Å². The van der Waals surface area contributed by atoms with E-state index in [9.17, 15) is 19.1 Å².